The van der Waals surface area contributed by atoms with Gasteiger partial charge in [-0.3, -0.25) is 4.68 Å². The number of nitrogens with one attached hydrogen (secondary N) is 1. The molecule has 1 saturated carbocycles. The molecular weight excluding hydrogens is 246 g/mol. The molecule has 0 bridgehead atoms. The Hall–Kier alpha value is -0.990. The zero-order valence-corrected chi connectivity index (χ0v) is 14.0. The highest BCUT2D eigenvalue weighted by Gasteiger charge is 2.28. The summed E-state index contributed by atoms with van der Waals surface area (Å²) in [5, 5.41) is 8.54. The van der Waals surface area contributed by atoms with E-state index in [-0.39, 0.29) is 0 Å². The molecule has 1 aliphatic carbocycles. The maximum absolute atomic E-state index is 4.70. The first-order valence-electron chi connectivity index (χ1n) is 8.24. The molecule has 20 heavy (non-hydrogen) atoms. The predicted octanol–water partition coefficient (Wildman–Crippen LogP) is 4.71. The van der Waals surface area contributed by atoms with Crippen LogP contribution in [0.25, 0.3) is 0 Å². The largest absolute Gasteiger partial charge is 0.379 e. The van der Waals surface area contributed by atoms with Crippen LogP contribution in [-0.4, -0.2) is 15.8 Å². The Bertz CT molecular complexity index is 445. The van der Waals surface area contributed by atoms with E-state index in [4.69, 9.17) is 5.10 Å². The summed E-state index contributed by atoms with van der Waals surface area (Å²) in [5.41, 5.74) is 3.70. The predicted molar refractivity (Wildman–Crippen MR) is 86.3 cm³/mol. The molecule has 3 nitrogen and oxygen atoms in total. The summed E-state index contributed by atoms with van der Waals surface area (Å²) < 4.78 is 2.14. The van der Waals surface area contributed by atoms with Gasteiger partial charge in [0.15, 0.2) is 0 Å². The van der Waals surface area contributed by atoms with Crippen LogP contribution in [0.4, 0.5) is 5.69 Å². The van der Waals surface area contributed by atoms with Crippen molar-refractivity contribution < 1.29 is 0 Å². The molecule has 2 unspecified atom stereocenters. The summed E-state index contributed by atoms with van der Waals surface area (Å²) >= 11 is 0. The van der Waals surface area contributed by atoms with Crippen molar-refractivity contribution in [2.45, 2.75) is 79.3 Å². The van der Waals surface area contributed by atoms with Crippen molar-refractivity contribution in [1.29, 1.82) is 0 Å². The van der Waals surface area contributed by atoms with Crippen molar-refractivity contribution in [2.75, 3.05) is 5.32 Å². The average Bonchev–Trinajstić information content (AvgIpc) is 2.67. The van der Waals surface area contributed by atoms with E-state index in [9.17, 15) is 0 Å². The molecular formula is C17H31N3. The zero-order chi connectivity index (χ0) is 14.9. The summed E-state index contributed by atoms with van der Waals surface area (Å²) in [5.74, 6) is 1.55. The van der Waals surface area contributed by atoms with Crippen molar-refractivity contribution in [1.82, 2.24) is 9.78 Å². The van der Waals surface area contributed by atoms with Gasteiger partial charge in [0.2, 0.25) is 0 Å². The van der Waals surface area contributed by atoms with Gasteiger partial charge in [-0.15, -0.1) is 0 Å². The molecule has 1 aromatic rings. The Morgan fingerprint density at radius 1 is 1.10 bits per heavy atom. The number of aryl methyl sites for hydroxylation is 1. The van der Waals surface area contributed by atoms with Crippen molar-refractivity contribution in [3.63, 3.8) is 0 Å². The number of nitrogens with zero attached hydrogens (tertiary/aromatic N) is 2. The van der Waals surface area contributed by atoms with E-state index in [1.165, 1.54) is 37.1 Å². The van der Waals surface area contributed by atoms with E-state index in [1.54, 1.807) is 0 Å². The molecule has 1 N–H and O–H groups in total. The fourth-order valence-electron chi connectivity index (χ4n) is 3.70. The minimum Gasteiger partial charge on any atom is -0.379 e. The maximum atomic E-state index is 4.70. The maximum Gasteiger partial charge on any atom is 0.0828 e. The van der Waals surface area contributed by atoms with Gasteiger partial charge in [-0.25, -0.2) is 0 Å². The molecule has 0 aliphatic heterocycles. The smallest absolute Gasteiger partial charge is 0.0828 e. The van der Waals surface area contributed by atoms with Crippen LogP contribution >= 0.6 is 0 Å². The summed E-state index contributed by atoms with van der Waals surface area (Å²) in [4.78, 5) is 0. The summed E-state index contributed by atoms with van der Waals surface area (Å²) in [7, 11) is 0. The van der Waals surface area contributed by atoms with E-state index in [0.29, 0.717) is 12.1 Å². The van der Waals surface area contributed by atoms with E-state index < -0.39 is 0 Å². The Kier molecular flexibility index (Phi) is 4.77. The molecule has 0 amide bonds. The van der Waals surface area contributed by atoms with Gasteiger partial charge >= 0.3 is 0 Å². The zero-order valence-electron chi connectivity index (χ0n) is 14.0. The van der Waals surface area contributed by atoms with Crippen LogP contribution in [0.2, 0.25) is 0 Å². The lowest BCUT2D eigenvalue weighted by Crippen LogP contribution is -2.35. The molecule has 0 radical (unpaired) electrons. The highest BCUT2D eigenvalue weighted by Crippen LogP contribution is 2.34. The number of aromatic nitrogens is 2. The highest BCUT2D eigenvalue weighted by molar-refractivity contribution is 5.53. The fourth-order valence-corrected chi connectivity index (χ4v) is 3.70. The number of hydrogen-bond acceptors (Lipinski definition) is 2. The van der Waals surface area contributed by atoms with Crippen LogP contribution in [0.5, 0.6) is 0 Å². The van der Waals surface area contributed by atoms with Crippen LogP contribution in [0.1, 0.15) is 70.8 Å². The molecule has 1 aromatic heterocycles. The third-order valence-corrected chi connectivity index (χ3v) is 4.82. The molecule has 0 aromatic carbocycles. The minimum atomic E-state index is 0.427. The van der Waals surface area contributed by atoms with Crippen LogP contribution in [0.15, 0.2) is 0 Å². The standard InChI is InChI=1S/C17H31N3/c1-11(2)15-9-7-8-10-16(15)18-17-13(5)19-20(12(3)4)14(17)6/h11-12,15-16,18H,7-10H2,1-6H3. The molecule has 2 rings (SSSR count). The van der Waals surface area contributed by atoms with Gasteiger partial charge in [-0.05, 0) is 52.4 Å². The quantitative estimate of drug-likeness (QED) is 0.864. The van der Waals surface area contributed by atoms with Crippen molar-refractivity contribution in [3.8, 4) is 0 Å². The van der Waals surface area contributed by atoms with Gasteiger partial charge in [0.1, 0.15) is 0 Å². The van der Waals surface area contributed by atoms with Crippen LogP contribution in [0, 0.1) is 25.7 Å². The number of anilines is 1. The molecule has 2 atom stereocenters. The molecule has 1 aliphatic rings. The highest BCUT2D eigenvalue weighted by atomic mass is 15.3. The summed E-state index contributed by atoms with van der Waals surface area (Å²) in [6.45, 7) is 13.4. The van der Waals surface area contributed by atoms with Gasteiger partial charge < -0.3 is 5.32 Å². The number of hydrogen-bond donors (Lipinski definition) is 1. The van der Waals surface area contributed by atoms with Gasteiger partial charge in [-0.1, -0.05) is 26.7 Å². The number of rotatable bonds is 4. The first kappa shape index (κ1) is 15.4. The van der Waals surface area contributed by atoms with E-state index >= 15 is 0 Å². The first-order valence-corrected chi connectivity index (χ1v) is 8.24. The van der Waals surface area contributed by atoms with E-state index in [0.717, 1.165) is 17.5 Å². The first-order chi connectivity index (χ1) is 9.41. The van der Waals surface area contributed by atoms with Gasteiger partial charge in [0, 0.05) is 12.1 Å². The van der Waals surface area contributed by atoms with Crippen molar-refractivity contribution in [3.05, 3.63) is 11.4 Å². The molecule has 0 spiro atoms. The monoisotopic (exact) mass is 277 g/mol. The third kappa shape index (κ3) is 3.02. The Balaban J connectivity index is 2.20. The third-order valence-electron chi connectivity index (χ3n) is 4.82. The lowest BCUT2D eigenvalue weighted by molar-refractivity contribution is 0.253. The molecule has 1 heterocycles. The lowest BCUT2D eigenvalue weighted by atomic mass is 9.77. The van der Waals surface area contributed by atoms with E-state index in [1.807, 2.05) is 0 Å². The van der Waals surface area contributed by atoms with Gasteiger partial charge in [0.05, 0.1) is 17.1 Å². The van der Waals surface area contributed by atoms with Crippen molar-refractivity contribution in [2.24, 2.45) is 11.8 Å². The van der Waals surface area contributed by atoms with Crippen LogP contribution in [-0.2, 0) is 0 Å². The fraction of sp³-hybridized carbons (Fsp3) is 0.824. The average molecular weight is 277 g/mol. The van der Waals surface area contributed by atoms with Gasteiger partial charge in [-0.2, -0.15) is 5.10 Å². The van der Waals surface area contributed by atoms with E-state index in [2.05, 4.69) is 51.5 Å². The Morgan fingerprint density at radius 2 is 1.75 bits per heavy atom. The molecule has 3 heteroatoms. The molecule has 114 valence electrons. The normalized spacial score (nSPS) is 23.6. The molecule has 1 fully saturated rings. The van der Waals surface area contributed by atoms with Crippen molar-refractivity contribution >= 4 is 5.69 Å². The van der Waals surface area contributed by atoms with Gasteiger partial charge in [0.25, 0.3) is 0 Å². The van der Waals surface area contributed by atoms with Crippen LogP contribution in [0.3, 0.4) is 0 Å². The summed E-state index contributed by atoms with van der Waals surface area (Å²) in [6, 6.07) is 1.04. The second-order valence-electron chi connectivity index (χ2n) is 7.03. The van der Waals surface area contributed by atoms with Crippen LogP contribution < -0.4 is 5.32 Å². The Morgan fingerprint density at radius 3 is 2.30 bits per heavy atom. The second-order valence-corrected chi connectivity index (χ2v) is 7.03. The molecule has 0 saturated heterocycles. The minimum absolute atomic E-state index is 0.427. The second kappa shape index (κ2) is 6.19. The summed E-state index contributed by atoms with van der Waals surface area (Å²) in [6.07, 6.45) is 5.42. The topological polar surface area (TPSA) is 29.9 Å². The SMILES string of the molecule is Cc1nn(C(C)C)c(C)c1NC1CCCCC1C(C)C. The lowest BCUT2D eigenvalue weighted by Gasteiger charge is -2.35. The Labute approximate surface area is 124 Å².